The molecular weight excluding hydrogens is 258 g/mol. The van der Waals surface area contributed by atoms with Crippen molar-refractivity contribution in [1.82, 2.24) is 9.38 Å². The van der Waals surface area contributed by atoms with Crippen molar-refractivity contribution < 1.29 is 9.66 Å². The van der Waals surface area contributed by atoms with Crippen molar-refractivity contribution in [2.75, 3.05) is 0 Å². The predicted molar refractivity (Wildman–Crippen MR) is 73.1 cm³/mol. The number of ether oxygens (including phenoxy) is 1. The average molecular weight is 269 g/mol. The van der Waals surface area contributed by atoms with Crippen LogP contribution in [0.25, 0.3) is 5.65 Å². The van der Waals surface area contributed by atoms with Crippen LogP contribution in [0, 0.1) is 17.0 Å². The minimum Gasteiger partial charge on any atom is -0.453 e. The number of rotatable bonds is 3. The highest BCUT2D eigenvalue weighted by Crippen LogP contribution is 2.28. The normalized spacial score (nSPS) is 10.7. The largest absolute Gasteiger partial charge is 0.453 e. The Bertz CT molecular complexity index is 795. The maximum atomic E-state index is 10.8. The van der Waals surface area contributed by atoms with Gasteiger partial charge in [-0.15, -0.1) is 0 Å². The molecule has 6 nitrogen and oxygen atoms in total. The summed E-state index contributed by atoms with van der Waals surface area (Å²) in [6.45, 7) is 1.68. The van der Waals surface area contributed by atoms with Gasteiger partial charge in [0.15, 0.2) is 11.4 Å². The first-order valence-corrected chi connectivity index (χ1v) is 6.00. The highest BCUT2D eigenvalue weighted by atomic mass is 16.6. The van der Waals surface area contributed by atoms with Gasteiger partial charge in [-0.1, -0.05) is 0 Å². The molecule has 0 fully saturated rings. The summed E-state index contributed by atoms with van der Waals surface area (Å²) >= 11 is 0. The predicted octanol–water partition coefficient (Wildman–Crippen LogP) is 3.34. The van der Waals surface area contributed by atoms with E-state index in [1.807, 2.05) is 22.9 Å². The maximum absolute atomic E-state index is 10.8. The third kappa shape index (κ3) is 2.07. The number of benzene rings is 1. The average Bonchev–Trinajstić information content (AvgIpc) is 2.87. The Kier molecular flexibility index (Phi) is 2.83. The molecule has 0 aliphatic carbocycles. The molecule has 2 heterocycles. The lowest BCUT2D eigenvalue weighted by molar-refractivity contribution is -0.385. The Morgan fingerprint density at radius 3 is 2.90 bits per heavy atom. The van der Waals surface area contributed by atoms with Gasteiger partial charge in [0.05, 0.1) is 4.92 Å². The van der Waals surface area contributed by atoms with E-state index in [1.165, 1.54) is 6.07 Å². The zero-order chi connectivity index (χ0) is 14.1. The van der Waals surface area contributed by atoms with E-state index in [2.05, 4.69) is 4.98 Å². The van der Waals surface area contributed by atoms with Crippen LogP contribution in [0.1, 0.15) is 5.56 Å². The molecule has 0 radical (unpaired) electrons. The monoisotopic (exact) mass is 269 g/mol. The molecule has 0 spiro atoms. The van der Waals surface area contributed by atoms with Gasteiger partial charge in [-0.25, -0.2) is 4.98 Å². The molecule has 0 bridgehead atoms. The lowest BCUT2D eigenvalue weighted by atomic mass is 10.2. The second kappa shape index (κ2) is 4.65. The van der Waals surface area contributed by atoms with Crippen LogP contribution in [-0.2, 0) is 0 Å². The van der Waals surface area contributed by atoms with E-state index in [0.717, 1.165) is 0 Å². The molecule has 0 aliphatic heterocycles. The van der Waals surface area contributed by atoms with Gasteiger partial charge < -0.3 is 9.14 Å². The molecule has 0 amide bonds. The summed E-state index contributed by atoms with van der Waals surface area (Å²) in [4.78, 5) is 14.6. The molecule has 2 aromatic heterocycles. The van der Waals surface area contributed by atoms with Crippen molar-refractivity contribution in [2.45, 2.75) is 6.92 Å². The Morgan fingerprint density at radius 1 is 1.30 bits per heavy atom. The summed E-state index contributed by atoms with van der Waals surface area (Å²) < 4.78 is 7.60. The van der Waals surface area contributed by atoms with Crippen LogP contribution in [0.5, 0.6) is 11.5 Å². The molecule has 0 saturated heterocycles. The van der Waals surface area contributed by atoms with Gasteiger partial charge in [0.2, 0.25) is 0 Å². The number of hydrogen-bond acceptors (Lipinski definition) is 4. The molecule has 20 heavy (non-hydrogen) atoms. The molecule has 100 valence electrons. The third-order valence-corrected chi connectivity index (χ3v) is 2.98. The number of hydrogen-bond donors (Lipinski definition) is 0. The topological polar surface area (TPSA) is 69.7 Å². The standard InChI is InChI=1S/C14H11N3O3/c1-10-9-11(4-5-12(10)17(18)19)20-13-3-2-7-16-8-6-15-14(13)16/h2-9H,1H3. The van der Waals surface area contributed by atoms with Crippen molar-refractivity contribution in [3.63, 3.8) is 0 Å². The fraction of sp³-hybridized carbons (Fsp3) is 0.0714. The van der Waals surface area contributed by atoms with E-state index >= 15 is 0 Å². The quantitative estimate of drug-likeness (QED) is 0.540. The van der Waals surface area contributed by atoms with E-state index in [0.29, 0.717) is 22.7 Å². The summed E-state index contributed by atoms with van der Waals surface area (Å²) in [5.74, 6) is 1.15. The molecule has 0 aliphatic rings. The van der Waals surface area contributed by atoms with Crippen LogP contribution in [0.2, 0.25) is 0 Å². The second-order valence-corrected chi connectivity index (χ2v) is 4.34. The van der Waals surface area contributed by atoms with Gasteiger partial charge in [-0.3, -0.25) is 10.1 Å². The van der Waals surface area contributed by atoms with Gasteiger partial charge in [0.25, 0.3) is 5.69 Å². The number of aromatic nitrogens is 2. The first-order chi connectivity index (χ1) is 9.65. The molecule has 0 N–H and O–H groups in total. The van der Waals surface area contributed by atoms with Crippen molar-refractivity contribution in [3.8, 4) is 11.5 Å². The first-order valence-electron chi connectivity index (χ1n) is 6.00. The Balaban J connectivity index is 1.97. The molecule has 3 aromatic rings. The number of aryl methyl sites for hydroxylation is 1. The van der Waals surface area contributed by atoms with Crippen molar-refractivity contribution in [2.24, 2.45) is 0 Å². The number of fused-ring (bicyclic) bond motifs is 1. The summed E-state index contributed by atoms with van der Waals surface area (Å²) in [6.07, 6.45) is 5.38. The Hall–Kier alpha value is -2.89. The lowest BCUT2D eigenvalue weighted by Gasteiger charge is -2.07. The Labute approximate surface area is 114 Å². The highest BCUT2D eigenvalue weighted by molar-refractivity contribution is 5.55. The first kappa shape index (κ1) is 12.2. The number of pyridine rings is 1. The highest BCUT2D eigenvalue weighted by Gasteiger charge is 2.12. The third-order valence-electron chi connectivity index (χ3n) is 2.98. The SMILES string of the molecule is Cc1cc(Oc2cccn3ccnc23)ccc1[N+](=O)[O-]. The lowest BCUT2D eigenvalue weighted by Crippen LogP contribution is -1.93. The Morgan fingerprint density at radius 2 is 2.15 bits per heavy atom. The minimum absolute atomic E-state index is 0.0800. The summed E-state index contributed by atoms with van der Waals surface area (Å²) in [6, 6.07) is 8.32. The van der Waals surface area contributed by atoms with Crippen LogP contribution in [0.3, 0.4) is 0 Å². The summed E-state index contributed by atoms with van der Waals surface area (Å²) in [7, 11) is 0. The molecular formula is C14H11N3O3. The number of nitro benzene ring substituents is 1. The van der Waals surface area contributed by atoms with Gasteiger partial charge in [-0.05, 0) is 31.2 Å². The van der Waals surface area contributed by atoms with Crippen LogP contribution < -0.4 is 4.74 Å². The van der Waals surface area contributed by atoms with Crippen molar-refractivity contribution >= 4 is 11.3 Å². The molecule has 0 atom stereocenters. The number of nitrogens with zero attached hydrogens (tertiary/aromatic N) is 3. The smallest absolute Gasteiger partial charge is 0.272 e. The second-order valence-electron chi connectivity index (χ2n) is 4.34. The minimum atomic E-state index is -0.408. The van der Waals surface area contributed by atoms with Crippen LogP contribution in [0.15, 0.2) is 48.9 Å². The van der Waals surface area contributed by atoms with Gasteiger partial charge >= 0.3 is 0 Å². The van der Waals surface area contributed by atoms with Gasteiger partial charge in [0, 0.05) is 30.2 Å². The van der Waals surface area contributed by atoms with E-state index in [4.69, 9.17) is 4.74 Å². The molecule has 6 heteroatoms. The van der Waals surface area contributed by atoms with Crippen LogP contribution in [-0.4, -0.2) is 14.3 Å². The molecule has 1 aromatic carbocycles. The fourth-order valence-corrected chi connectivity index (χ4v) is 2.02. The molecule has 0 saturated carbocycles. The van der Waals surface area contributed by atoms with Crippen LogP contribution in [0.4, 0.5) is 5.69 Å². The maximum Gasteiger partial charge on any atom is 0.272 e. The molecule has 0 unspecified atom stereocenters. The van der Waals surface area contributed by atoms with Gasteiger partial charge in [-0.2, -0.15) is 0 Å². The van der Waals surface area contributed by atoms with E-state index in [9.17, 15) is 10.1 Å². The zero-order valence-corrected chi connectivity index (χ0v) is 10.7. The van der Waals surface area contributed by atoms with E-state index < -0.39 is 4.92 Å². The van der Waals surface area contributed by atoms with E-state index in [-0.39, 0.29) is 5.69 Å². The van der Waals surface area contributed by atoms with Crippen molar-refractivity contribution in [3.05, 3.63) is 64.6 Å². The van der Waals surface area contributed by atoms with E-state index in [1.54, 1.807) is 31.3 Å². The summed E-state index contributed by atoms with van der Waals surface area (Å²) in [5.41, 5.74) is 1.34. The van der Waals surface area contributed by atoms with Crippen LogP contribution >= 0.6 is 0 Å². The number of nitro groups is 1. The fourth-order valence-electron chi connectivity index (χ4n) is 2.02. The molecule has 3 rings (SSSR count). The summed E-state index contributed by atoms with van der Waals surface area (Å²) in [5, 5.41) is 10.8. The zero-order valence-electron chi connectivity index (χ0n) is 10.7. The van der Waals surface area contributed by atoms with Crippen molar-refractivity contribution in [1.29, 1.82) is 0 Å². The number of imidazole rings is 1. The van der Waals surface area contributed by atoms with Gasteiger partial charge in [0.1, 0.15) is 5.75 Å².